The minimum absolute atomic E-state index is 0.0290. The second-order valence-corrected chi connectivity index (χ2v) is 10.3. The highest BCUT2D eigenvalue weighted by atomic mass is 19.2. The summed E-state index contributed by atoms with van der Waals surface area (Å²) in [5, 5.41) is 19.1. The number of hydrogen-bond donors (Lipinski definition) is 4. The van der Waals surface area contributed by atoms with Gasteiger partial charge in [0.1, 0.15) is 11.9 Å². The number of carbonyl (C=O) groups excluding carboxylic acids is 1. The highest BCUT2D eigenvalue weighted by Gasteiger charge is 2.36. The molecule has 1 unspecified atom stereocenters. The molecular weight excluding hydrogens is 518 g/mol. The van der Waals surface area contributed by atoms with E-state index in [1.165, 1.54) is 6.07 Å². The maximum absolute atomic E-state index is 14.0. The van der Waals surface area contributed by atoms with Gasteiger partial charge in [-0.1, -0.05) is 31.2 Å². The molecule has 2 heterocycles. The lowest BCUT2D eigenvalue weighted by molar-refractivity contribution is -0.144. The van der Waals surface area contributed by atoms with E-state index in [1.807, 2.05) is 37.3 Å². The summed E-state index contributed by atoms with van der Waals surface area (Å²) in [6, 6.07) is 11.8. The molecule has 11 heteroatoms. The van der Waals surface area contributed by atoms with Crippen LogP contribution in [0.4, 0.5) is 19.3 Å². The van der Waals surface area contributed by atoms with E-state index in [0.717, 1.165) is 43.8 Å². The fraction of sp³-hybridized carbons (Fsp3) is 0.448. The molecule has 0 radical (unpaired) electrons. The number of ether oxygens (including phenoxy) is 1. The summed E-state index contributed by atoms with van der Waals surface area (Å²) >= 11 is 0. The molecule has 216 valence electrons. The number of amides is 2. The monoisotopic (exact) mass is 556 g/mol. The van der Waals surface area contributed by atoms with Gasteiger partial charge in [-0.3, -0.25) is 15.6 Å². The van der Waals surface area contributed by atoms with Gasteiger partial charge in [-0.05, 0) is 75.6 Å². The van der Waals surface area contributed by atoms with Gasteiger partial charge < -0.3 is 20.3 Å². The Kier molecular flexibility index (Phi) is 10.1. The third-order valence-corrected chi connectivity index (χ3v) is 7.27. The highest BCUT2D eigenvalue weighted by Crippen LogP contribution is 2.30. The van der Waals surface area contributed by atoms with Crippen molar-refractivity contribution in [1.82, 2.24) is 20.6 Å². The predicted octanol–water partition coefficient (Wildman–Crippen LogP) is 4.62. The van der Waals surface area contributed by atoms with E-state index in [1.54, 1.807) is 12.0 Å². The number of benzene rings is 2. The number of likely N-dealkylation sites (tertiary alicyclic amines) is 1. The molecule has 2 atom stereocenters. The summed E-state index contributed by atoms with van der Waals surface area (Å²) in [7, 11) is 2.10. The van der Waals surface area contributed by atoms with Gasteiger partial charge in [0.05, 0.1) is 18.2 Å². The number of hydrogen-bond acceptors (Lipinski definition) is 7. The van der Waals surface area contributed by atoms with Crippen LogP contribution in [0.25, 0.3) is 0 Å². The predicted molar refractivity (Wildman–Crippen MR) is 150 cm³/mol. The van der Waals surface area contributed by atoms with E-state index in [2.05, 4.69) is 27.9 Å². The number of nitrogens with zero attached hydrogens (tertiary/aromatic N) is 2. The summed E-state index contributed by atoms with van der Waals surface area (Å²) in [6.45, 7) is 6.96. The normalized spacial score (nSPS) is 21.0. The molecule has 0 aliphatic carbocycles. The first kappa shape index (κ1) is 29.4. The number of urea groups is 1. The van der Waals surface area contributed by atoms with E-state index in [9.17, 15) is 13.6 Å². The van der Waals surface area contributed by atoms with Gasteiger partial charge in [0.25, 0.3) is 0 Å². The van der Waals surface area contributed by atoms with Gasteiger partial charge in [0.15, 0.2) is 11.6 Å². The van der Waals surface area contributed by atoms with Crippen LogP contribution in [0.2, 0.25) is 0 Å². The quantitative estimate of drug-likeness (QED) is 0.266. The Balaban J connectivity index is 1.47. The van der Waals surface area contributed by atoms with Gasteiger partial charge in [0.2, 0.25) is 5.90 Å². The second kappa shape index (κ2) is 13.7. The van der Waals surface area contributed by atoms with Crippen LogP contribution in [0, 0.1) is 23.0 Å². The summed E-state index contributed by atoms with van der Waals surface area (Å²) in [6.07, 6.45) is 1.33. The molecule has 2 aromatic carbocycles. The van der Waals surface area contributed by atoms with Crippen molar-refractivity contribution in [3.05, 3.63) is 77.1 Å². The van der Waals surface area contributed by atoms with Crippen LogP contribution < -0.4 is 16.0 Å². The Morgan fingerprint density at radius 2 is 1.85 bits per heavy atom. The number of nitrogens with one attached hydrogen (secondary N) is 4. The second-order valence-electron chi connectivity index (χ2n) is 10.3. The Morgan fingerprint density at radius 1 is 1.12 bits per heavy atom. The first-order valence-corrected chi connectivity index (χ1v) is 13.6. The van der Waals surface area contributed by atoms with Gasteiger partial charge >= 0.3 is 6.03 Å². The maximum atomic E-state index is 14.0. The summed E-state index contributed by atoms with van der Waals surface area (Å²) in [4.78, 5) is 21.4. The lowest BCUT2D eigenvalue weighted by Crippen LogP contribution is -2.46. The van der Waals surface area contributed by atoms with Crippen LogP contribution in [0.1, 0.15) is 38.4 Å². The van der Waals surface area contributed by atoms with Crippen molar-refractivity contribution >= 4 is 17.6 Å². The zero-order chi connectivity index (χ0) is 28.6. The molecule has 2 fully saturated rings. The largest absolute Gasteiger partial charge is 0.477 e. The number of rotatable bonds is 9. The molecule has 2 aliphatic heterocycles. The summed E-state index contributed by atoms with van der Waals surface area (Å²) in [5.41, 5.74) is 1.57. The fourth-order valence-corrected chi connectivity index (χ4v) is 4.75. The van der Waals surface area contributed by atoms with E-state index >= 15 is 0 Å². The average Bonchev–Trinajstić information content (AvgIpc) is 3.36. The van der Waals surface area contributed by atoms with Crippen LogP contribution in [-0.2, 0) is 9.57 Å². The number of hydroxylamine groups is 2. The van der Waals surface area contributed by atoms with Crippen LogP contribution in [-0.4, -0.2) is 67.8 Å². The van der Waals surface area contributed by atoms with Crippen molar-refractivity contribution in [1.29, 1.82) is 5.41 Å². The molecule has 4 rings (SSSR count). The number of piperidine rings is 1. The number of carbonyl (C=O) groups is 1. The minimum atomic E-state index is -0.981. The lowest BCUT2D eigenvalue weighted by Gasteiger charge is -2.29. The van der Waals surface area contributed by atoms with Crippen LogP contribution >= 0.6 is 0 Å². The lowest BCUT2D eigenvalue weighted by atomic mass is 9.98. The van der Waals surface area contributed by atoms with Crippen molar-refractivity contribution in [2.24, 2.45) is 5.92 Å². The van der Waals surface area contributed by atoms with Gasteiger partial charge in [-0.25, -0.2) is 13.6 Å². The topological polar surface area (TPSA) is 102 Å². The third kappa shape index (κ3) is 7.77. The molecule has 2 amide bonds. The summed E-state index contributed by atoms with van der Waals surface area (Å²) in [5.74, 6) is -1.28. The number of halogens is 2. The minimum Gasteiger partial charge on any atom is -0.477 e. The Hall–Kier alpha value is -3.54. The van der Waals surface area contributed by atoms with Gasteiger partial charge in [0, 0.05) is 18.8 Å². The van der Waals surface area contributed by atoms with Gasteiger partial charge in [-0.2, -0.15) is 5.06 Å². The first-order chi connectivity index (χ1) is 19.2. The van der Waals surface area contributed by atoms with Crippen molar-refractivity contribution in [2.75, 3.05) is 45.2 Å². The van der Waals surface area contributed by atoms with Crippen LogP contribution in [0.5, 0.6) is 0 Å². The number of para-hydroxylation sites is 1. The van der Waals surface area contributed by atoms with Crippen LogP contribution in [0.15, 0.2) is 59.9 Å². The Labute approximate surface area is 234 Å². The number of likely N-dealkylation sites (N-methyl/N-ethyl adjacent to an activating group) is 1. The molecular formula is C29H38F2N6O3. The van der Waals surface area contributed by atoms with Gasteiger partial charge in [-0.15, -0.1) is 0 Å². The van der Waals surface area contributed by atoms with Crippen molar-refractivity contribution in [3.63, 3.8) is 0 Å². The number of anilines is 1. The zero-order valence-electron chi connectivity index (χ0n) is 23.2. The molecule has 2 aliphatic rings. The van der Waals surface area contributed by atoms with E-state index in [0.29, 0.717) is 42.6 Å². The molecule has 9 nitrogen and oxygen atoms in total. The Morgan fingerprint density at radius 3 is 2.52 bits per heavy atom. The zero-order valence-corrected chi connectivity index (χ0v) is 23.2. The average molecular weight is 557 g/mol. The van der Waals surface area contributed by atoms with Crippen molar-refractivity contribution in [3.8, 4) is 0 Å². The fourth-order valence-electron chi connectivity index (χ4n) is 4.75. The Bertz CT molecular complexity index is 1200. The van der Waals surface area contributed by atoms with Crippen molar-refractivity contribution in [2.45, 2.75) is 38.8 Å². The highest BCUT2D eigenvalue weighted by molar-refractivity contribution is 5.93. The van der Waals surface area contributed by atoms with E-state index in [-0.39, 0.29) is 5.90 Å². The molecule has 0 bridgehead atoms. The maximum Gasteiger partial charge on any atom is 0.320 e. The molecule has 2 aromatic rings. The molecule has 0 saturated carbocycles. The molecule has 0 spiro atoms. The third-order valence-electron chi connectivity index (χ3n) is 7.27. The molecule has 40 heavy (non-hydrogen) atoms. The summed E-state index contributed by atoms with van der Waals surface area (Å²) < 4.78 is 33.3. The molecule has 0 aromatic heterocycles. The standard InChI is InChI=1S/C29H38F2N6O3/c1-4-37-17-25(26(40-37)21-10-11-23(30)24(31)16-21)34-29(38)35-28(33-22-8-6-5-7-9-22)19(2)27(32)39-18-20-12-14-36(3)15-13-20/h5-11,16,20,25-26,32-33H,4,12-15,17-18H2,1-3H3,(H2,34,35,38)/b28-19+,32-27?/t25-,26?/m1/s1. The molecule has 2 saturated heterocycles. The first-order valence-electron chi connectivity index (χ1n) is 13.6. The van der Waals surface area contributed by atoms with Crippen LogP contribution in [0.3, 0.4) is 0 Å². The molecule has 4 N–H and O–H groups in total. The SMILES string of the molecule is CCN1C[C@@H](NC(=O)N/C(Nc2ccccc2)=C(\C)C(=N)OCC2CCN(C)CC2)C(c2ccc(F)c(F)c2)O1. The van der Waals surface area contributed by atoms with E-state index < -0.39 is 29.8 Å². The van der Waals surface area contributed by atoms with Crippen molar-refractivity contribution < 1.29 is 23.1 Å². The van der Waals surface area contributed by atoms with E-state index in [4.69, 9.17) is 15.0 Å². The smallest absolute Gasteiger partial charge is 0.320 e.